The van der Waals surface area contributed by atoms with Crippen molar-refractivity contribution in [2.75, 3.05) is 5.32 Å². The standard InChI is InChI=1S/C15H13ClFN5O/c1-21-7-11(5-18-21)15(23)20-13-6-19-22(9-13)8-10-2-3-12(17)4-14(10)16/h2-7,9H,8H2,1H3,(H,20,23). The minimum Gasteiger partial charge on any atom is -0.319 e. The zero-order valence-electron chi connectivity index (χ0n) is 12.2. The van der Waals surface area contributed by atoms with E-state index in [1.807, 2.05) is 0 Å². The molecule has 6 nitrogen and oxygen atoms in total. The normalized spacial score (nSPS) is 10.7. The predicted octanol–water partition coefficient (Wildman–Crippen LogP) is 2.71. The van der Waals surface area contributed by atoms with Gasteiger partial charge in [0, 0.05) is 24.5 Å². The second kappa shape index (κ2) is 6.21. The molecule has 0 saturated carbocycles. The van der Waals surface area contributed by atoms with E-state index in [1.165, 1.54) is 24.5 Å². The average molecular weight is 334 g/mol. The molecule has 1 N–H and O–H groups in total. The first-order valence-electron chi connectivity index (χ1n) is 6.77. The van der Waals surface area contributed by atoms with Crippen LogP contribution in [0.1, 0.15) is 15.9 Å². The van der Waals surface area contributed by atoms with Gasteiger partial charge in [-0.3, -0.25) is 14.2 Å². The highest BCUT2D eigenvalue weighted by atomic mass is 35.5. The first kappa shape index (κ1) is 15.2. The van der Waals surface area contributed by atoms with E-state index in [1.54, 1.807) is 34.9 Å². The van der Waals surface area contributed by atoms with Gasteiger partial charge in [0.05, 0.1) is 30.2 Å². The first-order valence-corrected chi connectivity index (χ1v) is 7.15. The highest BCUT2D eigenvalue weighted by molar-refractivity contribution is 6.31. The van der Waals surface area contributed by atoms with Crippen molar-refractivity contribution < 1.29 is 9.18 Å². The Hall–Kier alpha value is -2.67. The summed E-state index contributed by atoms with van der Waals surface area (Å²) in [7, 11) is 1.74. The monoisotopic (exact) mass is 333 g/mol. The Labute approximate surface area is 136 Å². The molecule has 0 spiro atoms. The van der Waals surface area contributed by atoms with Crippen molar-refractivity contribution in [1.82, 2.24) is 19.6 Å². The van der Waals surface area contributed by atoms with Crippen LogP contribution < -0.4 is 5.32 Å². The quantitative estimate of drug-likeness (QED) is 0.798. The smallest absolute Gasteiger partial charge is 0.258 e. The van der Waals surface area contributed by atoms with Crippen LogP contribution in [0.3, 0.4) is 0 Å². The lowest BCUT2D eigenvalue weighted by Gasteiger charge is -2.04. The lowest BCUT2D eigenvalue weighted by Crippen LogP contribution is -2.10. The molecule has 118 valence electrons. The number of hydrogen-bond acceptors (Lipinski definition) is 3. The summed E-state index contributed by atoms with van der Waals surface area (Å²) >= 11 is 5.99. The lowest BCUT2D eigenvalue weighted by molar-refractivity contribution is 0.102. The molecule has 0 fully saturated rings. The Morgan fingerprint density at radius 2 is 2.13 bits per heavy atom. The van der Waals surface area contributed by atoms with Gasteiger partial charge in [0.2, 0.25) is 0 Å². The van der Waals surface area contributed by atoms with Crippen molar-refractivity contribution in [3.63, 3.8) is 0 Å². The van der Waals surface area contributed by atoms with Crippen molar-refractivity contribution in [2.45, 2.75) is 6.54 Å². The zero-order valence-corrected chi connectivity index (χ0v) is 13.0. The van der Waals surface area contributed by atoms with Crippen molar-refractivity contribution in [1.29, 1.82) is 0 Å². The zero-order chi connectivity index (χ0) is 16.4. The van der Waals surface area contributed by atoms with E-state index in [4.69, 9.17) is 11.6 Å². The summed E-state index contributed by atoms with van der Waals surface area (Å²) < 4.78 is 16.2. The molecule has 0 atom stereocenters. The van der Waals surface area contributed by atoms with Gasteiger partial charge in [0.25, 0.3) is 5.91 Å². The van der Waals surface area contributed by atoms with Gasteiger partial charge in [-0.25, -0.2) is 4.39 Å². The van der Waals surface area contributed by atoms with Crippen molar-refractivity contribution in [3.05, 3.63) is 65.0 Å². The Morgan fingerprint density at radius 3 is 2.83 bits per heavy atom. The molecule has 2 aromatic heterocycles. The molecule has 23 heavy (non-hydrogen) atoms. The Balaban J connectivity index is 1.69. The molecule has 1 aromatic carbocycles. The van der Waals surface area contributed by atoms with Gasteiger partial charge in [0.15, 0.2) is 0 Å². The third-order valence-electron chi connectivity index (χ3n) is 3.21. The molecule has 0 aliphatic carbocycles. The number of aromatic nitrogens is 4. The van der Waals surface area contributed by atoms with E-state index in [9.17, 15) is 9.18 Å². The van der Waals surface area contributed by atoms with E-state index < -0.39 is 0 Å². The Morgan fingerprint density at radius 1 is 1.30 bits per heavy atom. The maximum Gasteiger partial charge on any atom is 0.258 e. The van der Waals surface area contributed by atoms with Crippen molar-refractivity contribution >= 4 is 23.2 Å². The summed E-state index contributed by atoms with van der Waals surface area (Å²) in [5.74, 6) is -0.652. The number of halogens is 2. The van der Waals surface area contributed by atoms with Crippen LogP contribution >= 0.6 is 11.6 Å². The number of carbonyl (C=O) groups is 1. The molecule has 8 heteroatoms. The number of hydrogen-bond donors (Lipinski definition) is 1. The number of nitrogens with one attached hydrogen (secondary N) is 1. The molecule has 2 heterocycles. The van der Waals surface area contributed by atoms with Crippen molar-refractivity contribution in [2.24, 2.45) is 7.05 Å². The molecule has 0 unspecified atom stereocenters. The first-order chi connectivity index (χ1) is 11.0. The lowest BCUT2D eigenvalue weighted by atomic mass is 10.2. The van der Waals surface area contributed by atoms with E-state index in [-0.39, 0.29) is 11.7 Å². The fourth-order valence-electron chi connectivity index (χ4n) is 2.08. The summed E-state index contributed by atoms with van der Waals surface area (Å²) in [5, 5.41) is 11.2. The fraction of sp³-hybridized carbons (Fsp3) is 0.133. The average Bonchev–Trinajstić information content (AvgIpc) is 3.11. The number of amides is 1. The summed E-state index contributed by atoms with van der Waals surface area (Å²) in [6.07, 6.45) is 6.32. The number of aryl methyl sites for hydroxylation is 1. The van der Waals surface area contributed by atoms with Gasteiger partial charge in [-0.05, 0) is 17.7 Å². The van der Waals surface area contributed by atoms with Crippen molar-refractivity contribution in [3.8, 4) is 0 Å². The summed E-state index contributed by atoms with van der Waals surface area (Å²) in [5.41, 5.74) is 1.75. The van der Waals surface area contributed by atoms with Crippen LogP contribution in [-0.2, 0) is 13.6 Å². The van der Waals surface area contributed by atoms with Gasteiger partial charge < -0.3 is 5.32 Å². The van der Waals surface area contributed by atoms with Gasteiger partial charge >= 0.3 is 0 Å². The molecule has 3 rings (SSSR count). The van der Waals surface area contributed by atoms with Crippen LogP contribution in [-0.4, -0.2) is 25.5 Å². The van der Waals surface area contributed by atoms with Crippen LogP contribution in [0.4, 0.5) is 10.1 Å². The minimum absolute atomic E-state index is 0.266. The second-order valence-corrected chi connectivity index (χ2v) is 5.43. The minimum atomic E-state index is -0.386. The number of benzene rings is 1. The van der Waals surface area contributed by atoms with Crippen LogP contribution in [0, 0.1) is 5.82 Å². The summed E-state index contributed by atoms with van der Waals surface area (Å²) in [4.78, 5) is 12.0. The van der Waals surface area contributed by atoms with E-state index >= 15 is 0 Å². The molecule has 0 aliphatic heterocycles. The molecule has 3 aromatic rings. The third-order valence-corrected chi connectivity index (χ3v) is 3.56. The number of rotatable bonds is 4. The molecule has 0 saturated heterocycles. The van der Waals surface area contributed by atoms with E-state index in [0.29, 0.717) is 22.8 Å². The fourth-order valence-corrected chi connectivity index (χ4v) is 2.31. The summed E-state index contributed by atoms with van der Waals surface area (Å²) in [6.45, 7) is 0.377. The van der Waals surface area contributed by atoms with Gasteiger partial charge in [-0.2, -0.15) is 10.2 Å². The number of anilines is 1. The van der Waals surface area contributed by atoms with E-state index in [0.717, 1.165) is 5.56 Å². The van der Waals surface area contributed by atoms with E-state index in [2.05, 4.69) is 15.5 Å². The topological polar surface area (TPSA) is 64.7 Å². The number of nitrogens with zero attached hydrogens (tertiary/aromatic N) is 4. The second-order valence-electron chi connectivity index (χ2n) is 5.02. The van der Waals surface area contributed by atoms with Gasteiger partial charge in [0.1, 0.15) is 5.82 Å². The van der Waals surface area contributed by atoms with Crippen LogP contribution in [0.2, 0.25) is 5.02 Å². The maximum atomic E-state index is 13.0. The largest absolute Gasteiger partial charge is 0.319 e. The van der Waals surface area contributed by atoms with Crippen LogP contribution in [0.15, 0.2) is 43.0 Å². The summed E-state index contributed by atoms with van der Waals surface area (Å²) in [6, 6.07) is 4.20. The maximum absolute atomic E-state index is 13.0. The molecule has 0 aliphatic rings. The SMILES string of the molecule is Cn1cc(C(=O)Nc2cnn(Cc3ccc(F)cc3Cl)c2)cn1. The van der Waals surface area contributed by atoms with Crippen LogP contribution in [0.25, 0.3) is 0 Å². The Kier molecular flexibility index (Phi) is 4.12. The van der Waals surface area contributed by atoms with Gasteiger partial charge in [-0.1, -0.05) is 17.7 Å². The van der Waals surface area contributed by atoms with Crippen LogP contribution in [0.5, 0.6) is 0 Å². The number of carbonyl (C=O) groups excluding carboxylic acids is 1. The third kappa shape index (κ3) is 3.57. The molecule has 0 bridgehead atoms. The van der Waals surface area contributed by atoms with Gasteiger partial charge in [-0.15, -0.1) is 0 Å². The Bertz CT molecular complexity index is 857. The highest BCUT2D eigenvalue weighted by Gasteiger charge is 2.10. The molecule has 0 radical (unpaired) electrons. The molecule has 1 amide bonds. The molecular weight excluding hydrogens is 321 g/mol. The molecular formula is C15H13ClFN5O. The highest BCUT2D eigenvalue weighted by Crippen LogP contribution is 2.19. The predicted molar refractivity (Wildman–Crippen MR) is 83.9 cm³/mol.